The first-order valence-electron chi connectivity index (χ1n) is 5.49. The molecule has 1 fully saturated rings. The number of sulfonamides is 1. The molecule has 1 aliphatic rings. The SMILES string of the molecule is Cc1ccc(S(=O)(=O)N2CC(=O)NC(=O)C2)c(N)c1. The molecule has 102 valence electrons. The van der Waals surface area contributed by atoms with E-state index in [0.29, 0.717) is 0 Å². The largest absolute Gasteiger partial charge is 0.398 e. The van der Waals surface area contributed by atoms with Gasteiger partial charge in [-0.25, -0.2) is 8.42 Å². The van der Waals surface area contributed by atoms with E-state index >= 15 is 0 Å². The van der Waals surface area contributed by atoms with Gasteiger partial charge < -0.3 is 5.73 Å². The molecule has 1 heterocycles. The van der Waals surface area contributed by atoms with Crippen LogP contribution in [0, 0.1) is 6.92 Å². The molecule has 2 amide bonds. The third kappa shape index (κ3) is 2.59. The first-order valence-corrected chi connectivity index (χ1v) is 6.93. The number of hydrogen-bond acceptors (Lipinski definition) is 5. The van der Waals surface area contributed by atoms with Crippen molar-refractivity contribution >= 4 is 27.5 Å². The average molecular weight is 283 g/mol. The minimum atomic E-state index is -3.95. The van der Waals surface area contributed by atoms with Crippen molar-refractivity contribution in [2.45, 2.75) is 11.8 Å². The second-order valence-electron chi connectivity index (χ2n) is 4.29. The lowest BCUT2D eigenvalue weighted by Gasteiger charge is -2.25. The summed E-state index contributed by atoms with van der Waals surface area (Å²) in [5.74, 6) is -1.30. The van der Waals surface area contributed by atoms with Gasteiger partial charge in [-0.2, -0.15) is 4.31 Å². The molecule has 8 heteroatoms. The molecule has 0 aromatic heterocycles. The monoisotopic (exact) mass is 283 g/mol. The standard InChI is InChI=1S/C11H13N3O4S/c1-7-2-3-9(8(12)4-7)19(17,18)14-5-10(15)13-11(16)6-14/h2-4H,5-6,12H2,1H3,(H,13,15,16). The van der Waals surface area contributed by atoms with E-state index < -0.39 is 21.8 Å². The number of imide groups is 1. The predicted octanol–water partition coefficient (Wildman–Crippen LogP) is -0.776. The molecule has 0 bridgehead atoms. The third-order valence-corrected chi connectivity index (χ3v) is 4.57. The Hall–Kier alpha value is -1.93. The molecule has 3 N–H and O–H groups in total. The number of amides is 2. The number of aryl methyl sites for hydroxylation is 1. The lowest BCUT2D eigenvalue weighted by Crippen LogP contribution is -2.53. The van der Waals surface area contributed by atoms with Crippen LogP contribution in [0.15, 0.2) is 23.1 Å². The first kappa shape index (κ1) is 13.5. The molecule has 0 unspecified atom stereocenters. The molecule has 7 nitrogen and oxygen atoms in total. The molecule has 0 radical (unpaired) electrons. The van der Waals surface area contributed by atoms with Crippen LogP contribution in [-0.2, 0) is 19.6 Å². The van der Waals surface area contributed by atoms with E-state index in [2.05, 4.69) is 0 Å². The Morgan fingerprint density at radius 2 is 1.79 bits per heavy atom. The fourth-order valence-electron chi connectivity index (χ4n) is 1.82. The molecule has 0 atom stereocenters. The van der Waals surface area contributed by atoms with Crippen LogP contribution in [0.3, 0.4) is 0 Å². The van der Waals surface area contributed by atoms with Crippen molar-refractivity contribution in [3.8, 4) is 0 Å². The highest BCUT2D eigenvalue weighted by Gasteiger charge is 2.33. The van der Waals surface area contributed by atoms with Gasteiger partial charge >= 0.3 is 0 Å². The van der Waals surface area contributed by atoms with Crippen LogP contribution in [0.2, 0.25) is 0 Å². The van der Waals surface area contributed by atoms with Gasteiger partial charge in [-0.1, -0.05) is 6.07 Å². The molecule has 1 saturated heterocycles. The van der Waals surface area contributed by atoms with Crippen molar-refractivity contribution in [1.82, 2.24) is 9.62 Å². The lowest BCUT2D eigenvalue weighted by molar-refractivity contribution is -0.134. The maximum absolute atomic E-state index is 12.3. The molecule has 1 aromatic carbocycles. The van der Waals surface area contributed by atoms with Crippen molar-refractivity contribution in [3.63, 3.8) is 0 Å². The molecule has 1 aliphatic heterocycles. The van der Waals surface area contributed by atoms with Crippen molar-refractivity contribution in [3.05, 3.63) is 23.8 Å². The average Bonchev–Trinajstić information content (AvgIpc) is 2.26. The molecule has 0 aliphatic carbocycles. The number of nitrogens with one attached hydrogen (secondary N) is 1. The minimum absolute atomic E-state index is 0.0958. The number of benzene rings is 1. The fourth-order valence-corrected chi connectivity index (χ4v) is 3.27. The predicted molar refractivity (Wildman–Crippen MR) is 67.5 cm³/mol. The highest BCUT2D eigenvalue weighted by molar-refractivity contribution is 7.89. The van der Waals surface area contributed by atoms with E-state index in [1.54, 1.807) is 13.0 Å². The maximum atomic E-state index is 12.3. The van der Waals surface area contributed by atoms with Crippen molar-refractivity contribution in [2.24, 2.45) is 0 Å². The summed E-state index contributed by atoms with van der Waals surface area (Å²) in [5, 5.41) is 2.04. The van der Waals surface area contributed by atoms with E-state index in [1.807, 2.05) is 5.32 Å². The highest BCUT2D eigenvalue weighted by atomic mass is 32.2. The van der Waals surface area contributed by atoms with Crippen molar-refractivity contribution in [2.75, 3.05) is 18.8 Å². The number of carbonyl (C=O) groups is 2. The number of nitrogens with zero attached hydrogens (tertiary/aromatic N) is 1. The summed E-state index contributed by atoms with van der Waals surface area (Å²) in [7, 11) is -3.95. The molecule has 2 rings (SSSR count). The number of anilines is 1. The highest BCUT2D eigenvalue weighted by Crippen LogP contribution is 2.23. The van der Waals surface area contributed by atoms with Gasteiger partial charge in [-0.15, -0.1) is 0 Å². The van der Waals surface area contributed by atoms with Crippen LogP contribution >= 0.6 is 0 Å². The molecule has 1 aromatic rings. The zero-order chi connectivity index (χ0) is 14.2. The lowest BCUT2D eigenvalue weighted by atomic mass is 10.2. The zero-order valence-corrected chi connectivity index (χ0v) is 11.0. The van der Waals surface area contributed by atoms with Gasteiger partial charge in [0.05, 0.1) is 18.8 Å². The summed E-state index contributed by atoms with van der Waals surface area (Å²) in [6.45, 7) is 1.01. The number of nitrogen functional groups attached to an aromatic ring is 1. The van der Waals surface area contributed by atoms with Gasteiger partial charge in [0.1, 0.15) is 4.90 Å². The second kappa shape index (κ2) is 4.63. The number of nitrogens with two attached hydrogens (primary N) is 1. The normalized spacial score (nSPS) is 17.3. The molecule has 0 saturated carbocycles. The minimum Gasteiger partial charge on any atom is -0.398 e. The van der Waals surface area contributed by atoms with E-state index in [9.17, 15) is 18.0 Å². The third-order valence-electron chi connectivity index (χ3n) is 2.70. The van der Waals surface area contributed by atoms with Crippen molar-refractivity contribution in [1.29, 1.82) is 0 Å². The van der Waals surface area contributed by atoms with Gasteiger partial charge in [-0.05, 0) is 24.6 Å². The van der Waals surface area contributed by atoms with Gasteiger partial charge in [-0.3, -0.25) is 14.9 Å². The van der Waals surface area contributed by atoms with Crippen LogP contribution in [0.4, 0.5) is 5.69 Å². The Morgan fingerprint density at radius 3 is 2.32 bits per heavy atom. The summed E-state index contributed by atoms with van der Waals surface area (Å²) in [4.78, 5) is 22.4. The summed E-state index contributed by atoms with van der Waals surface area (Å²) in [5.41, 5.74) is 6.61. The van der Waals surface area contributed by atoms with E-state index in [-0.39, 0.29) is 23.7 Å². The number of carbonyl (C=O) groups excluding carboxylic acids is 2. The molecular weight excluding hydrogens is 270 g/mol. The van der Waals surface area contributed by atoms with Gasteiger partial charge in [0.15, 0.2) is 0 Å². The smallest absolute Gasteiger partial charge is 0.246 e. The fraction of sp³-hybridized carbons (Fsp3) is 0.273. The number of hydrogen-bond donors (Lipinski definition) is 2. The van der Waals surface area contributed by atoms with E-state index in [0.717, 1.165) is 9.87 Å². The van der Waals surface area contributed by atoms with E-state index in [1.165, 1.54) is 12.1 Å². The molecule has 0 spiro atoms. The van der Waals surface area contributed by atoms with Crippen LogP contribution < -0.4 is 11.1 Å². The Bertz CT molecular complexity index is 638. The van der Waals surface area contributed by atoms with Crippen molar-refractivity contribution < 1.29 is 18.0 Å². The first-order chi connectivity index (χ1) is 8.80. The summed E-state index contributed by atoms with van der Waals surface area (Å²) >= 11 is 0. The Balaban J connectivity index is 2.42. The van der Waals surface area contributed by atoms with Crippen LogP contribution in [-0.4, -0.2) is 37.6 Å². The van der Waals surface area contributed by atoms with Gasteiger partial charge in [0, 0.05) is 0 Å². The quantitative estimate of drug-likeness (QED) is 0.547. The molecule has 19 heavy (non-hydrogen) atoms. The Kier molecular flexibility index (Phi) is 3.29. The van der Waals surface area contributed by atoms with Gasteiger partial charge in [0.2, 0.25) is 21.8 Å². The summed E-state index contributed by atoms with van der Waals surface area (Å²) < 4.78 is 25.5. The Morgan fingerprint density at radius 1 is 1.21 bits per heavy atom. The topological polar surface area (TPSA) is 110 Å². The Labute approximate surface area is 110 Å². The summed E-state index contributed by atoms with van der Waals surface area (Å²) in [6.07, 6.45) is 0. The van der Waals surface area contributed by atoms with E-state index in [4.69, 9.17) is 5.73 Å². The van der Waals surface area contributed by atoms with Crippen LogP contribution in [0.1, 0.15) is 5.56 Å². The van der Waals surface area contributed by atoms with Gasteiger partial charge in [0.25, 0.3) is 0 Å². The number of piperazine rings is 1. The van der Waals surface area contributed by atoms with Crippen LogP contribution in [0.25, 0.3) is 0 Å². The molecular formula is C11H13N3O4S. The summed E-state index contributed by atoms with van der Waals surface area (Å²) in [6, 6.07) is 4.50. The number of rotatable bonds is 2. The maximum Gasteiger partial charge on any atom is 0.246 e. The second-order valence-corrected chi connectivity index (χ2v) is 6.19. The van der Waals surface area contributed by atoms with Crippen LogP contribution in [0.5, 0.6) is 0 Å². The zero-order valence-electron chi connectivity index (χ0n) is 10.2.